The predicted octanol–water partition coefficient (Wildman–Crippen LogP) is 3.02. The fourth-order valence-electron chi connectivity index (χ4n) is 3.44. The molecule has 3 aromatic carbocycles. The van der Waals surface area contributed by atoms with Crippen molar-refractivity contribution in [2.45, 2.75) is 19.4 Å². The molecule has 0 radical (unpaired) electrons. The minimum Gasteiger partial charge on any atom is -0.496 e. The molecule has 0 spiro atoms. The largest absolute Gasteiger partial charge is 0.496 e. The summed E-state index contributed by atoms with van der Waals surface area (Å²) in [7, 11) is 1.67. The molecular formula is C25H29N2O2+. The van der Waals surface area contributed by atoms with E-state index in [2.05, 4.69) is 54.0 Å². The molecule has 4 heteroatoms. The lowest BCUT2D eigenvalue weighted by atomic mass is 9.98. The van der Waals surface area contributed by atoms with Crippen LogP contribution in [-0.4, -0.2) is 26.1 Å². The first-order valence-electron chi connectivity index (χ1n) is 10.0. The van der Waals surface area contributed by atoms with Gasteiger partial charge < -0.3 is 15.4 Å². The van der Waals surface area contributed by atoms with Crippen molar-refractivity contribution in [3.8, 4) is 5.75 Å². The van der Waals surface area contributed by atoms with Crippen molar-refractivity contribution in [2.75, 3.05) is 20.2 Å². The minimum absolute atomic E-state index is 0.0351. The number of benzene rings is 3. The molecule has 4 nitrogen and oxygen atoms in total. The lowest BCUT2D eigenvalue weighted by molar-refractivity contribution is -0.676. The third kappa shape index (κ3) is 5.93. The monoisotopic (exact) mass is 389 g/mol. The Hall–Kier alpha value is -3.11. The fraction of sp³-hybridized carbons (Fsp3) is 0.240. The van der Waals surface area contributed by atoms with E-state index < -0.39 is 0 Å². The second-order valence-corrected chi connectivity index (χ2v) is 7.15. The lowest BCUT2D eigenvalue weighted by Crippen LogP contribution is -2.87. The Bertz CT molecular complexity index is 908. The zero-order chi connectivity index (χ0) is 20.5. The first kappa shape index (κ1) is 20.6. The van der Waals surface area contributed by atoms with Gasteiger partial charge in [-0.1, -0.05) is 78.4 Å². The zero-order valence-electron chi connectivity index (χ0n) is 17.1. The van der Waals surface area contributed by atoms with Crippen LogP contribution in [0, 0.1) is 6.92 Å². The molecule has 0 aliphatic heterocycles. The van der Waals surface area contributed by atoms with Gasteiger partial charge in [0.05, 0.1) is 7.11 Å². The summed E-state index contributed by atoms with van der Waals surface area (Å²) in [6.07, 6.45) is 0.746. The van der Waals surface area contributed by atoms with Gasteiger partial charge >= 0.3 is 0 Å². The lowest BCUT2D eigenvalue weighted by Gasteiger charge is -2.17. The minimum atomic E-state index is 0.0351. The third-order valence-corrected chi connectivity index (χ3v) is 5.04. The Morgan fingerprint density at radius 1 is 0.931 bits per heavy atom. The van der Waals surface area contributed by atoms with Crippen molar-refractivity contribution in [1.82, 2.24) is 5.32 Å². The van der Waals surface area contributed by atoms with Gasteiger partial charge in [-0.3, -0.25) is 4.79 Å². The summed E-state index contributed by atoms with van der Waals surface area (Å²) in [6, 6.07) is 26.8. The van der Waals surface area contributed by atoms with E-state index in [1.54, 1.807) is 7.11 Å². The standard InChI is InChI=1S/C25H28N2O2/c1-19-12-14-22(15-13-19)25(21-9-4-3-5-10-21)27-18-24(28)26-17-16-20-8-6-7-11-23(20)29-2/h3-15,25,27H,16-18H2,1-2H3,(H,26,28)/p+1/t25-/m0/s1. The predicted molar refractivity (Wildman–Crippen MR) is 116 cm³/mol. The van der Waals surface area contributed by atoms with E-state index in [-0.39, 0.29) is 11.9 Å². The highest BCUT2D eigenvalue weighted by Crippen LogP contribution is 2.19. The summed E-state index contributed by atoms with van der Waals surface area (Å²) in [5, 5.41) is 5.12. The van der Waals surface area contributed by atoms with E-state index in [1.807, 2.05) is 42.5 Å². The van der Waals surface area contributed by atoms with Crippen LogP contribution < -0.4 is 15.4 Å². The van der Waals surface area contributed by atoms with Gasteiger partial charge in [0.15, 0.2) is 6.54 Å². The number of methoxy groups -OCH3 is 1. The molecule has 150 valence electrons. The average Bonchev–Trinajstić information content (AvgIpc) is 2.76. The Kier molecular flexibility index (Phi) is 7.42. The van der Waals surface area contributed by atoms with E-state index in [1.165, 1.54) is 16.7 Å². The van der Waals surface area contributed by atoms with Crippen LogP contribution in [0.5, 0.6) is 5.75 Å². The molecule has 1 atom stereocenters. The number of ether oxygens (including phenoxy) is 1. The number of nitrogens with one attached hydrogen (secondary N) is 1. The van der Waals surface area contributed by atoms with Gasteiger partial charge in [-0.15, -0.1) is 0 Å². The first-order valence-corrected chi connectivity index (χ1v) is 10.0. The quantitative estimate of drug-likeness (QED) is 0.591. The maximum Gasteiger partial charge on any atom is 0.275 e. The number of nitrogens with two attached hydrogens (primary N) is 1. The third-order valence-electron chi connectivity index (χ3n) is 5.04. The molecule has 0 saturated carbocycles. The van der Waals surface area contributed by atoms with Gasteiger partial charge in [0.25, 0.3) is 5.91 Å². The molecule has 0 aliphatic carbocycles. The topological polar surface area (TPSA) is 54.9 Å². The van der Waals surface area contributed by atoms with Crippen molar-refractivity contribution < 1.29 is 14.8 Å². The van der Waals surface area contributed by atoms with E-state index in [4.69, 9.17) is 4.74 Å². The van der Waals surface area contributed by atoms with Crippen molar-refractivity contribution >= 4 is 5.91 Å². The number of para-hydroxylation sites is 1. The Morgan fingerprint density at radius 3 is 2.31 bits per heavy atom. The first-order chi connectivity index (χ1) is 14.2. The van der Waals surface area contributed by atoms with Crippen molar-refractivity contribution in [3.05, 3.63) is 101 Å². The number of carbonyl (C=O) groups excluding carboxylic acids is 1. The van der Waals surface area contributed by atoms with Gasteiger partial charge in [-0.05, 0) is 25.0 Å². The number of hydrogen-bond donors (Lipinski definition) is 2. The summed E-state index contributed by atoms with van der Waals surface area (Å²) >= 11 is 0. The molecule has 0 aromatic heterocycles. The molecule has 3 aromatic rings. The summed E-state index contributed by atoms with van der Waals surface area (Å²) in [5.41, 5.74) is 4.72. The van der Waals surface area contributed by atoms with Gasteiger partial charge in [-0.2, -0.15) is 0 Å². The molecule has 1 amide bonds. The highest BCUT2D eigenvalue weighted by Gasteiger charge is 2.18. The molecular weight excluding hydrogens is 360 g/mol. The fourth-order valence-corrected chi connectivity index (χ4v) is 3.44. The molecule has 0 saturated heterocycles. The number of quaternary nitrogens is 1. The Labute approximate surface area is 172 Å². The van der Waals surface area contributed by atoms with E-state index in [9.17, 15) is 4.79 Å². The summed E-state index contributed by atoms with van der Waals surface area (Å²) in [5.74, 6) is 0.893. The zero-order valence-corrected chi connectivity index (χ0v) is 17.1. The summed E-state index contributed by atoms with van der Waals surface area (Å²) in [6.45, 7) is 3.05. The Morgan fingerprint density at radius 2 is 1.59 bits per heavy atom. The van der Waals surface area contributed by atoms with E-state index in [0.29, 0.717) is 13.1 Å². The van der Waals surface area contributed by atoms with E-state index in [0.717, 1.165) is 17.7 Å². The molecule has 0 fully saturated rings. The number of hydrogen-bond acceptors (Lipinski definition) is 2. The van der Waals surface area contributed by atoms with Crippen LogP contribution in [-0.2, 0) is 11.2 Å². The SMILES string of the molecule is COc1ccccc1CCNC(=O)C[NH2+][C@@H](c1ccccc1)c1ccc(C)cc1. The summed E-state index contributed by atoms with van der Waals surface area (Å²) < 4.78 is 5.37. The molecule has 0 heterocycles. The molecule has 0 aliphatic rings. The van der Waals surface area contributed by atoms with Crippen LogP contribution in [0.25, 0.3) is 0 Å². The molecule has 29 heavy (non-hydrogen) atoms. The maximum absolute atomic E-state index is 12.4. The second-order valence-electron chi connectivity index (χ2n) is 7.15. The highest BCUT2D eigenvalue weighted by atomic mass is 16.5. The number of rotatable bonds is 9. The number of aryl methyl sites for hydroxylation is 1. The van der Waals surface area contributed by atoms with E-state index >= 15 is 0 Å². The van der Waals surface area contributed by atoms with Crippen molar-refractivity contribution in [3.63, 3.8) is 0 Å². The van der Waals surface area contributed by atoms with Crippen LogP contribution >= 0.6 is 0 Å². The van der Waals surface area contributed by atoms with Gasteiger partial charge in [0.1, 0.15) is 11.8 Å². The van der Waals surface area contributed by atoms with Crippen molar-refractivity contribution in [1.29, 1.82) is 0 Å². The second kappa shape index (κ2) is 10.4. The van der Waals surface area contributed by atoms with Crippen LogP contribution in [0.15, 0.2) is 78.9 Å². The number of amides is 1. The molecule has 0 bridgehead atoms. The Balaban J connectivity index is 1.57. The van der Waals surface area contributed by atoms with Gasteiger partial charge in [0.2, 0.25) is 0 Å². The normalized spacial score (nSPS) is 11.7. The molecule has 3 rings (SSSR count). The van der Waals surface area contributed by atoms with Gasteiger partial charge in [0, 0.05) is 17.7 Å². The van der Waals surface area contributed by atoms with Crippen LogP contribution in [0.3, 0.4) is 0 Å². The van der Waals surface area contributed by atoms with Crippen LogP contribution in [0.2, 0.25) is 0 Å². The van der Waals surface area contributed by atoms with Crippen LogP contribution in [0.4, 0.5) is 0 Å². The highest BCUT2D eigenvalue weighted by molar-refractivity contribution is 5.76. The average molecular weight is 390 g/mol. The van der Waals surface area contributed by atoms with Gasteiger partial charge in [-0.25, -0.2) is 0 Å². The maximum atomic E-state index is 12.4. The molecule has 0 unspecified atom stereocenters. The summed E-state index contributed by atoms with van der Waals surface area (Å²) in [4.78, 5) is 12.4. The molecule has 3 N–H and O–H groups in total. The smallest absolute Gasteiger partial charge is 0.275 e. The van der Waals surface area contributed by atoms with Crippen LogP contribution in [0.1, 0.15) is 28.3 Å². The van der Waals surface area contributed by atoms with Crippen molar-refractivity contribution in [2.24, 2.45) is 0 Å². The number of carbonyl (C=O) groups is 1.